The number of carboxylic acids is 1. The number of hydrogen-bond acceptors (Lipinski definition) is 4. The summed E-state index contributed by atoms with van der Waals surface area (Å²) >= 11 is 0. The number of piperidine rings is 1. The Hall–Kier alpha value is -1.49. The predicted molar refractivity (Wildman–Crippen MR) is 67.3 cm³/mol. The smallest absolute Gasteiger partial charge is 0.339 e. The highest BCUT2D eigenvalue weighted by molar-refractivity contribution is 5.88. The minimum atomic E-state index is -0.956. The summed E-state index contributed by atoms with van der Waals surface area (Å²) in [6.07, 6.45) is 6.37. The number of rotatable bonds is 3. The summed E-state index contributed by atoms with van der Waals surface area (Å²) in [6.45, 7) is 4.97. The van der Waals surface area contributed by atoms with Crippen molar-refractivity contribution in [1.82, 2.24) is 14.9 Å². The van der Waals surface area contributed by atoms with E-state index in [2.05, 4.69) is 28.7 Å². The van der Waals surface area contributed by atoms with Crippen molar-refractivity contribution in [3.8, 4) is 0 Å². The molecule has 98 valence electrons. The van der Waals surface area contributed by atoms with Gasteiger partial charge in [0.25, 0.3) is 0 Å². The van der Waals surface area contributed by atoms with Crippen LogP contribution in [0.4, 0.5) is 0 Å². The van der Waals surface area contributed by atoms with Crippen LogP contribution in [0, 0.1) is 0 Å². The molecule has 18 heavy (non-hydrogen) atoms. The van der Waals surface area contributed by atoms with E-state index in [0.29, 0.717) is 24.3 Å². The second-order valence-corrected chi connectivity index (χ2v) is 4.99. The highest BCUT2D eigenvalue weighted by Crippen LogP contribution is 2.24. The van der Waals surface area contributed by atoms with E-state index in [0.717, 1.165) is 12.8 Å². The van der Waals surface area contributed by atoms with Crippen LogP contribution in [0.25, 0.3) is 0 Å². The van der Waals surface area contributed by atoms with Gasteiger partial charge in [-0.3, -0.25) is 4.90 Å². The summed E-state index contributed by atoms with van der Waals surface area (Å²) in [5.41, 5.74) is 0.820. The van der Waals surface area contributed by atoms with Crippen LogP contribution < -0.4 is 0 Å². The summed E-state index contributed by atoms with van der Waals surface area (Å²) in [7, 11) is 0. The number of hydrogen-bond donors (Lipinski definition) is 1. The van der Waals surface area contributed by atoms with Gasteiger partial charge in [0.05, 0.1) is 5.69 Å². The molecule has 0 aliphatic carbocycles. The van der Waals surface area contributed by atoms with Gasteiger partial charge in [-0.05, 0) is 26.7 Å². The average Bonchev–Trinajstić information content (AvgIpc) is 2.34. The van der Waals surface area contributed by atoms with Crippen molar-refractivity contribution >= 4 is 5.97 Å². The normalized spacial score (nSPS) is 25.0. The molecule has 1 aliphatic heterocycles. The third-order valence-electron chi connectivity index (χ3n) is 3.73. The maximum Gasteiger partial charge on any atom is 0.339 e. The molecule has 1 aromatic rings. The molecular formula is C13H19N3O2. The third-order valence-corrected chi connectivity index (χ3v) is 3.73. The van der Waals surface area contributed by atoms with Crippen molar-refractivity contribution in [2.75, 3.05) is 0 Å². The summed E-state index contributed by atoms with van der Waals surface area (Å²) < 4.78 is 0. The van der Waals surface area contributed by atoms with Crippen molar-refractivity contribution in [2.24, 2.45) is 0 Å². The van der Waals surface area contributed by atoms with Crippen LogP contribution in [-0.4, -0.2) is 38.0 Å². The predicted octanol–water partition coefficient (Wildman–Crippen LogP) is 1.94. The van der Waals surface area contributed by atoms with Gasteiger partial charge in [0.1, 0.15) is 11.9 Å². The first kappa shape index (κ1) is 13.0. The van der Waals surface area contributed by atoms with Crippen LogP contribution in [-0.2, 0) is 6.54 Å². The van der Waals surface area contributed by atoms with Crippen LogP contribution >= 0.6 is 0 Å². The first-order chi connectivity index (χ1) is 8.59. The lowest BCUT2D eigenvalue weighted by molar-refractivity contribution is 0.0682. The molecule has 5 nitrogen and oxygen atoms in total. The molecule has 0 unspecified atom stereocenters. The van der Waals surface area contributed by atoms with E-state index in [1.165, 1.54) is 18.9 Å². The van der Waals surface area contributed by atoms with Crippen LogP contribution in [0.2, 0.25) is 0 Å². The van der Waals surface area contributed by atoms with Crippen LogP contribution in [0.1, 0.15) is 49.2 Å². The highest BCUT2D eigenvalue weighted by Gasteiger charge is 2.26. The van der Waals surface area contributed by atoms with Gasteiger partial charge in [-0.1, -0.05) is 6.42 Å². The molecule has 1 aliphatic rings. The molecule has 5 heteroatoms. The van der Waals surface area contributed by atoms with E-state index in [1.54, 1.807) is 0 Å². The summed E-state index contributed by atoms with van der Waals surface area (Å²) in [4.78, 5) is 21.4. The molecule has 0 bridgehead atoms. The van der Waals surface area contributed by atoms with E-state index >= 15 is 0 Å². The van der Waals surface area contributed by atoms with Gasteiger partial charge in [-0.2, -0.15) is 0 Å². The lowest BCUT2D eigenvalue weighted by Crippen LogP contribution is -2.43. The average molecular weight is 249 g/mol. The molecule has 0 radical (unpaired) electrons. The van der Waals surface area contributed by atoms with E-state index in [4.69, 9.17) is 5.11 Å². The van der Waals surface area contributed by atoms with Crippen molar-refractivity contribution in [3.63, 3.8) is 0 Å². The van der Waals surface area contributed by atoms with E-state index in [1.807, 2.05) is 0 Å². The molecular weight excluding hydrogens is 230 g/mol. The highest BCUT2D eigenvalue weighted by atomic mass is 16.4. The standard InChI is InChI=1S/C13H19N3O2/c1-9-4-3-5-10(2)16(9)7-12-11(13(17)18)6-14-8-15-12/h6,8-10H,3-5,7H2,1-2H3,(H,17,18)/t9-,10+. The number of likely N-dealkylation sites (tertiary alicyclic amines) is 1. The number of nitrogens with zero attached hydrogens (tertiary/aromatic N) is 3. The van der Waals surface area contributed by atoms with Crippen LogP contribution in [0.5, 0.6) is 0 Å². The van der Waals surface area contributed by atoms with Crippen LogP contribution in [0.3, 0.4) is 0 Å². The minimum Gasteiger partial charge on any atom is -0.478 e. The van der Waals surface area contributed by atoms with Gasteiger partial charge in [0.2, 0.25) is 0 Å². The van der Waals surface area contributed by atoms with Crippen molar-refractivity contribution in [3.05, 3.63) is 23.8 Å². The van der Waals surface area contributed by atoms with Gasteiger partial charge in [-0.25, -0.2) is 14.8 Å². The Morgan fingerprint density at radius 1 is 1.44 bits per heavy atom. The molecule has 1 N–H and O–H groups in total. The molecule has 2 rings (SSSR count). The first-order valence-electron chi connectivity index (χ1n) is 6.37. The van der Waals surface area contributed by atoms with Gasteiger partial charge < -0.3 is 5.11 Å². The largest absolute Gasteiger partial charge is 0.478 e. The van der Waals surface area contributed by atoms with Gasteiger partial charge >= 0.3 is 5.97 Å². The molecule has 1 aromatic heterocycles. The van der Waals surface area contributed by atoms with Gasteiger partial charge in [0.15, 0.2) is 0 Å². The molecule has 0 aromatic carbocycles. The summed E-state index contributed by atoms with van der Waals surface area (Å²) in [6, 6.07) is 0.954. The minimum absolute atomic E-state index is 0.211. The molecule has 0 amide bonds. The fourth-order valence-corrected chi connectivity index (χ4v) is 2.62. The zero-order valence-corrected chi connectivity index (χ0v) is 10.8. The fraction of sp³-hybridized carbons (Fsp3) is 0.615. The zero-order chi connectivity index (χ0) is 13.1. The lowest BCUT2D eigenvalue weighted by Gasteiger charge is -2.38. The van der Waals surface area contributed by atoms with Crippen molar-refractivity contribution in [1.29, 1.82) is 0 Å². The SMILES string of the molecule is C[C@@H]1CCC[C@H](C)N1Cc1ncncc1C(=O)O. The lowest BCUT2D eigenvalue weighted by atomic mass is 9.97. The Morgan fingerprint density at radius 3 is 2.72 bits per heavy atom. The van der Waals surface area contributed by atoms with Crippen LogP contribution in [0.15, 0.2) is 12.5 Å². The number of carboxylic acid groups (broad SMARTS) is 1. The maximum absolute atomic E-state index is 11.1. The second kappa shape index (κ2) is 5.44. The molecule has 2 heterocycles. The van der Waals surface area contributed by atoms with Crippen molar-refractivity contribution < 1.29 is 9.90 Å². The third kappa shape index (κ3) is 2.67. The van der Waals surface area contributed by atoms with E-state index < -0.39 is 5.97 Å². The Bertz CT molecular complexity index is 426. The second-order valence-electron chi connectivity index (χ2n) is 4.99. The van der Waals surface area contributed by atoms with Gasteiger partial charge in [0, 0.05) is 24.8 Å². The molecule has 1 saturated heterocycles. The molecule has 1 fully saturated rings. The topological polar surface area (TPSA) is 66.3 Å². The number of carbonyl (C=O) groups is 1. The van der Waals surface area contributed by atoms with Gasteiger partial charge in [-0.15, -0.1) is 0 Å². The number of aromatic nitrogens is 2. The maximum atomic E-state index is 11.1. The Balaban J connectivity index is 2.20. The molecule has 0 spiro atoms. The quantitative estimate of drug-likeness (QED) is 0.886. The van der Waals surface area contributed by atoms with Crippen molar-refractivity contribution in [2.45, 2.75) is 51.7 Å². The monoisotopic (exact) mass is 249 g/mol. The Kier molecular flexibility index (Phi) is 3.91. The molecule has 2 atom stereocenters. The van der Waals surface area contributed by atoms with E-state index in [9.17, 15) is 4.79 Å². The zero-order valence-electron chi connectivity index (χ0n) is 10.8. The molecule has 0 saturated carbocycles. The Labute approximate surface area is 107 Å². The van der Waals surface area contributed by atoms with E-state index in [-0.39, 0.29) is 5.56 Å². The fourth-order valence-electron chi connectivity index (χ4n) is 2.62. The first-order valence-corrected chi connectivity index (χ1v) is 6.37. The Morgan fingerprint density at radius 2 is 2.11 bits per heavy atom. The summed E-state index contributed by atoms with van der Waals surface area (Å²) in [5.74, 6) is -0.956. The number of aromatic carboxylic acids is 1. The summed E-state index contributed by atoms with van der Waals surface area (Å²) in [5, 5.41) is 9.13.